The molecule has 0 spiro atoms. The Kier molecular flexibility index (Phi) is 3.64. The standard InChI is InChI=1S/C13H16O4/c1-9-3-2-4-11(13(14)15)12(9)17-8-10-5-6-16-7-10/h2-4,10H,5-8H2,1H3,(H,14,15). The first-order valence-corrected chi connectivity index (χ1v) is 5.72. The maximum Gasteiger partial charge on any atom is 0.339 e. The van der Waals surface area contributed by atoms with Crippen molar-refractivity contribution in [3.8, 4) is 5.75 Å². The average Bonchev–Trinajstić information content (AvgIpc) is 2.80. The zero-order valence-electron chi connectivity index (χ0n) is 9.81. The average molecular weight is 236 g/mol. The summed E-state index contributed by atoms with van der Waals surface area (Å²) in [5, 5.41) is 9.08. The lowest BCUT2D eigenvalue weighted by Gasteiger charge is -2.14. The van der Waals surface area contributed by atoms with Gasteiger partial charge in [0.15, 0.2) is 0 Å². The van der Waals surface area contributed by atoms with E-state index in [9.17, 15) is 4.79 Å². The van der Waals surface area contributed by atoms with E-state index < -0.39 is 5.97 Å². The van der Waals surface area contributed by atoms with Gasteiger partial charge in [-0.1, -0.05) is 12.1 Å². The zero-order valence-corrected chi connectivity index (χ0v) is 9.81. The number of hydrogen-bond acceptors (Lipinski definition) is 3. The molecule has 1 aromatic rings. The van der Waals surface area contributed by atoms with Crippen LogP contribution >= 0.6 is 0 Å². The summed E-state index contributed by atoms with van der Waals surface area (Å²) >= 11 is 0. The Bertz CT molecular complexity index is 408. The number of carbonyl (C=O) groups is 1. The van der Waals surface area contributed by atoms with Gasteiger partial charge in [-0.15, -0.1) is 0 Å². The molecular formula is C13H16O4. The van der Waals surface area contributed by atoms with Crippen molar-refractivity contribution >= 4 is 5.97 Å². The van der Waals surface area contributed by atoms with Crippen LogP contribution in [0.2, 0.25) is 0 Å². The molecule has 2 rings (SSSR count). The summed E-state index contributed by atoms with van der Waals surface area (Å²) in [6.07, 6.45) is 0.980. The van der Waals surface area contributed by atoms with Crippen LogP contribution in [0, 0.1) is 12.8 Å². The molecule has 1 fully saturated rings. The number of aromatic carboxylic acids is 1. The van der Waals surface area contributed by atoms with Crippen molar-refractivity contribution in [2.24, 2.45) is 5.92 Å². The first-order valence-electron chi connectivity index (χ1n) is 5.72. The second-order valence-electron chi connectivity index (χ2n) is 4.30. The van der Waals surface area contributed by atoms with Crippen molar-refractivity contribution in [2.75, 3.05) is 19.8 Å². The Morgan fingerprint density at radius 3 is 3.06 bits per heavy atom. The summed E-state index contributed by atoms with van der Waals surface area (Å²) < 4.78 is 10.9. The molecule has 0 saturated carbocycles. The van der Waals surface area contributed by atoms with Crippen LogP contribution in [0.1, 0.15) is 22.3 Å². The van der Waals surface area contributed by atoms with Gasteiger partial charge in [0, 0.05) is 12.5 Å². The highest BCUT2D eigenvalue weighted by molar-refractivity contribution is 5.91. The molecule has 0 radical (unpaired) electrons. The zero-order chi connectivity index (χ0) is 12.3. The van der Waals surface area contributed by atoms with Crippen LogP contribution in [-0.4, -0.2) is 30.9 Å². The van der Waals surface area contributed by atoms with Crippen molar-refractivity contribution in [2.45, 2.75) is 13.3 Å². The molecule has 1 heterocycles. The number of para-hydroxylation sites is 1. The molecule has 0 bridgehead atoms. The first kappa shape index (κ1) is 11.9. The molecule has 4 heteroatoms. The largest absolute Gasteiger partial charge is 0.492 e. The maximum absolute atomic E-state index is 11.1. The van der Waals surface area contributed by atoms with Crippen LogP contribution in [0.3, 0.4) is 0 Å². The molecule has 92 valence electrons. The lowest BCUT2D eigenvalue weighted by Crippen LogP contribution is -2.14. The predicted octanol–water partition coefficient (Wildman–Crippen LogP) is 2.11. The minimum absolute atomic E-state index is 0.226. The molecule has 1 aliphatic rings. The highest BCUT2D eigenvalue weighted by Gasteiger charge is 2.19. The van der Waals surface area contributed by atoms with E-state index in [-0.39, 0.29) is 5.56 Å². The van der Waals surface area contributed by atoms with Crippen molar-refractivity contribution in [3.63, 3.8) is 0 Å². The van der Waals surface area contributed by atoms with Crippen LogP contribution in [0.4, 0.5) is 0 Å². The summed E-state index contributed by atoms with van der Waals surface area (Å²) in [5.74, 6) is -0.102. The Hall–Kier alpha value is -1.55. The van der Waals surface area contributed by atoms with Gasteiger partial charge in [0.25, 0.3) is 0 Å². The third kappa shape index (κ3) is 2.77. The van der Waals surface area contributed by atoms with Crippen LogP contribution in [0.5, 0.6) is 5.75 Å². The van der Waals surface area contributed by atoms with Gasteiger partial charge in [-0.3, -0.25) is 0 Å². The molecule has 1 N–H and O–H groups in total. The first-order chi connectivity index (χ1) is 8.18. The van der Waals surface area contributed by atoms with Crippen LogP contribution in [0.25, 0.3) is 0 Å². The lowest BCUT2D eigenvalue weighted by atomic mass is 10.1. The van der Waals surface area contributed by atoms with Crippen LogP contribution < -0.4 is 4.74 Å². The van der Waals surface area contributed by atoms with E-state index in [0.29, 0.717) is 24.9 Å². The molecule has 0 aromatic heterocycles. The normalized spacial score (nSPS) is 19.2. The minimum Gasteiger partial charge on any atom is -0.492 e. The third-order valence-corrected chi connectivity index (χ3v) is 2.93. The SMILES string of the molecule is Cc1cccc(C(=O)O)c1OCC1CCOC1. The van der Waals surface area contributed by atoms with Gasteiger partial charge in [-0.05, 0) is 25.0 Å². The van der Waals surface area contributed by atoms with E-state index in [0.717, 1.165) is 18.6 Å². The summed E-state index contributed by atoms with van der Waals surface area (Å²) in [5.41, 5.74) is 1.08. The van der Waals surface area contributed by atoms with Gasteiger partial charge in [-0.2, -0.15) is 0 Å². The number of rotatable bonds is 4. The van der Waals surface area contributed by atoms with Gasteiger partial charge < -0.3 is 14.6 Å². The van der Waals surface area contributed by atoms with E-state index in [1.165, 1.54) is 0 Å². The number of hydrogen-bond donors (Lipinski definition) is 1. The monoisotopic (exact) mass is 236 g/mol. The number of benzene rings is 1. The Balaban J connectivity index is 2.10. The van der Waals surface area contributed by atoms with Crippen molar-refractivity contribution in [1.29, 1.82) is 0 Å². The maximum atomic E-state index is 11.1. The fourth-order valence-electron chi connectivity index (χ4n) is 1.93. The van der Waals surface area contributed by atoms with Crippen molar-refractivity contribution < 1.29 is 19.4 Å². The topological polar surface area (TPSA) is 55.8 Å². The molecule has 1 aromatic carbocycles. The summed E-state index contributed by atoms with van der Waals surface area (Å²) in [4.78, 5) is 11.1. The van der Waals surface area contributed by atoms with Gasteiger partial charge >= 0.3 is 5.97 Å². The second kappa shape index (κ2) is 5.19. The van der Waals surface area contributed by atoms with E-state index in [4.69, 9.17) is 14.6 Å². The van der Waals surface area contributed by atoms with Crippen LogP contribution in [0.15, 0.2) is 18.2 Å². The molecule has 1 unspecified atom stereocenters. The Labute approximate surface area is 100 Å². The van der Waals surface area contributed by atoms with Gasteiger partial charge in [0.2, 0.25) is 0 Å². The summed E-state index contributed by atoms with van der Waals surface area (Å²) in [7, 11) is 0. The number of carboxylic acid groups (broad SMARTS) is 1. The number of ether oxygens (including phenoxy) is 2. The lowest BCUT2D eigenvalue weighted by molar-refractivity contribution is 0.0691. The van der Waals surface area contributed by atoms with Crippen LogP contribution in [-0.2, 0) is 4.74 Å². The number of aryl methyl sites for hydroxylation is 1. The van der Waals surface area contributed by atoms with E-state index >= 15 is 0 Å². The third-order valence-electron chi connectivity index (χ3n) is 2.93. The summed E-state index contributed by atoms with van der Waals surface area (Å²) in [6, 6.07) is 5.15. The molecule has 1 aliphatic heterocycles. The highest BCUT2D eigenvalue weighted by atomic mass is 16.5. The molecular weight excluding hydrogens is 220 g/mol. The van der Waals surface area contributed by atoms with Crippen molar-refractivity contribution in [3.05, 3.63) is 29.3 Å². The molecule has 0 amide bonds. The quantitative estimate of drug-likeness (QED) is 0.869. The molecule has 1 saturated heterocycles. The van der Waals surface area contributed by atoms with Gasteiger partial charge in [0.1, 0.15) is 11.3 Å². The predicted molar refractivity (Wildman–Crippen MR) is 62.6 cm³/mol. The molecule has 4 nitrogen and oxygen atoms in total. The highest BCUT2D eigenvalue weighted by Crippen LogP contribution is 2.25. The number of carboxylic acids is 1. The fraction of sp³-hybridized carbons (Fsp3) is 0.462. The van der Waals surface area contributed by atoms with Gasteiger partial charge in [0.05, 0.1) is 13.2 Å². The molecule has 0 aliphatic carbocycles. The Morgan fingerprint density at radius 1 is 1.59 bits per heavy atom. The smallest absolute Gasteiger partial charge is 0.339 e. The minimum atomic E-state index is -0.952. The molecule has 1 atom stereocenters. The van der Waals surface area contributed by atoms with Crippen molar-refractivity contribution in [1.82, 2.24) is 0 Å². The van der Waals surface area contributed by atoms with E-state index in [1.807, 2.05) is 13.0 Å². The summed E-state index contributed by atoms with van der Waals surface area (Å²) in [6.45, 7) is 3.85. The molecule has 17 heavy (non-hydrogen) atoms. The van der Waals surface area contributed by atoms with E-state index in [2.05, 4.69) is 0 Å². The van der Waals surface area contributed by atoms with Gasteiger partial charge in [-0.25, -0.2) is 4.79 Å². The van der Waals surface area contributed by atoms with E-state index in [1.54, 1.807) is 12.1 Å². The second-order valence-corrected chi connectivity index (χ2v) is 4.30. The fourth-order valence-corrected chi connectivity index (χ4v) is 1.93. The Morgan fingerprint density at radius 2 is 2.41 bits per heavy atom.